The number of ether oxygens (including phenoxy) is 2. The first-order valence-electron chi connectivity index (χ1n) is 8.71. The zero-order valence-electron chi connectivity index (χ0n) is 14.1. The molecule has 1 aromatic carbocycles. The quantitative estimate of drug-likeness (QED) is 0.877. The van der Waals surface area contributed by atoms with E-state index in [1.54, 1.807) is 14.2 Å². The molecule has 23 heavy (non-hydrogen) atoms. The molecule has 0 amide bonds. The van der Waals surface area contributed by atoms with E-state index in [2.05, 4.69) is 11.4 Å². The van der Waals surface area contributed by atoms with E-state index in [1.807, 2.05) is 12.1 Å². The molecule has 126 valence electrons. The topological polar surface area (TPSA) is 50.7 Å². The Labute approximate surface area is 138 Å². The van der Waals surface area contributed by atoms with Crippen LogP contribution in [0.25, 0.3) is 0 Å². The summed E-state index contributed by atoms with van der Waals surface area (Å²) in [4.78, 5) is 0. The fourth-order valence-electron chi connectivity index (χ4n) is 5.70. The van der Waals surface area contributed by atoms with Gasteiger partial charge in [0.2, 0.25) is 0 Å². The van der Waals surface area contributed by atoms with E-state index in [0.29, 0.717) is 11.8 Å². The molecule has 0 aliphatic heterocycles. The lowest BCUT2D eigenvalue weighted by Gasteiger charge is -2.60. The summed E-state index contributed by atoms with van der Waals surface area (Å²) in [7, 11) is 3.33. The summed E-state index contributed by atoms with van der Waals surface area (Å²) in [6.07, 6.45) is 6.72. The molecular weight excluding hydrogens is 290 g/mol. The predicted octanol–water partition coefficient (Wildman–Crippen LogP) is 2.88. The average Bonchev–Trinajstić information content (AvgIpc) is 2.50. The van der Waals surface area contributed by atoms with E-state index in [4.69, 9.17) is 9.47 Å². The number of hydrogen-bond acceptors (Lipinski definition) is 4. The van der Waals surface area contributed by atoms with Crippen molar-refractivity contribution in [1.29, 1.82) is 0 Å². The number of aliphatic hydroxyl groups is 1. The number of hydrogen-bond donors (Lipinski definition) is 2. The fraction of sp³-hybridized carbons (Fsp3) is 0.684. The van der Waals surface area contributed by atoms with E-state index in [1.165, 1.54) is 24.8 Å². The van der Waals surface area contributed by atoms with Crippen LogP contribution in [0.4, 0.5) is 0 Å². The van der Waals surface area contributed by atoms with Gasteiger partial charge in [-0.3, -0.25) is 0 Å². The third-order valence-electron chi connectivity index (χ3n) is 6.15. The molecule has 4 fully saturated rings. The number of rotatable bonds is 5. The summed E-state index contributed by atoms with van der Waals surface area (Å²) >= 11 is 0. The molecule has 0 heterocycles. The standard InChI is InChI=1S/C19H27NO3/c1-22-16-4-3-13(6-17(16)23-2)11-20-18-7-14-5-15(8-18)10-19(21,9-14)12-18/h3-4,6,14-15,20-21H,5,7-12H2,1-2H3/t14-,15-,18?,19?/m0/s1. The van der Waals surface area contributed by atoms with Gasteiger partial charge < -0.3 is 19.9 Å². The third-order valence-corrected chi connectivity index (χ3v) is 6.15. The molecule has 2 N–H and O–H groups in total. The molecule has 0 unspecified atom stereocenters. The third kappa shape index (κ3) is 2.72. The Hall–Kier alpha value is -1.26. The predicted molar refractivity (Wildman–Crippen MR) is 88.7 cm³/mol. The number of methoxy groups -OCH3 is 2. The largest absolute Gasteiger partial charge is 0.493 e. The van der Waals surface area contributed by atoms with Gasteiger partial charge in [-0.2, -0.15) is 0 Å². The van der Waals surface area contributed by atoms with Gasteiger partial charge in [0.25, 0.3) is 0 Å². The lowest BCUT2D eigenvalue weighted by Crippen LogP contribution is -2.64. The zero-order valence-corrected chi connectivity index (χ0v) is 14.1. The summed E-state index contributed by atoms with van der Waals surface area (Å²) in [6, 6.07) is 6.09. The lowest BCUT2D eigenvalue weighted by molar-refractivity contribution is -0.142. The average molecular weight is 317 g/mol. The maximum atomic E-state index is 10.8. The lowest BCUT2D eigenvalue weighted by atomic mass is 9.51. The SMILES string of the molecule is COc1ccc(CNC23C[C@@H]4C[C@H](CC(O)(C4)C2)C3)cc1OC. The number of nitrogens with one attached hydrogen (secondary N) is 1. The van der Waals surface area contributed by atoms with Crippen molar-refractivity contribution < 1.29 is 14.6 Å². The van der Waals surface area contributed by atoms with E-state index in [0.717, 1.165) is 37.3 Å². The van der Waals surface area contributed by atoms with Crippen molar-refractivity contribution in [2.45, 2.75) is 56.2 Å². The van der Waals surface area contributed by atoms with E-state index >= 15 is 0 Å². The van der Waals surface area contributed by atoms with Crippen molar-refractivity contribution in [3.63, 3.8) is 0 Å². The highest BCUT2D eigenvalue weighted by atomic mass is 16.5. The Kier molecular flexibility index (Phi) is 3.58. The molecule has 4 heteroatoms. The maximum Gasteiger partial charge on any atom is 0.161 e. The first-order valence-corrected chi connectivity index (χ1v) is 8.71. The van der Waals surface area contributed by atoms with Gasteiger partial charge in [-0.1, -0.05) is 6.07 Å². The van der Waals surface area contributed by atoms with Crippen LogP contribution in [0, 0.1) is 11.8 Å². The minimum absolute atomic E-state index is 0.131. The van der Waals surface area contributed by atoms with Crippen LogP contribution in [-0.2, 0) is 6.54 Å². The Morgan fingerprint density at radius 2 is 1.78 bits per heavy atom. The van der Waals surface area contributed by atoms with Gasteiger partial charge in [-0.25, -0.2) is 0 Å². The number of benzene rings is 1. The molecule has 4 aliphatic carbocycles. The van der Waals surface area contributed by atoms with Gasteiger partial charge in [0, 0.05) is 12.1 Å². The zero-order chi connectivity index (χ0) is 16.1. The Morgan fingerprint density at radius 1 is 1.09 bits per heavy atom. The maximum absolute atomic E-state index is 10.8. The highest BCUT2D eigenvalue weighted by molar-refractivity contribution is 5.42. The van der Waals surface area contributed by atoms with Crippen LogP contribution in [0.3, 0.4) is 0 Å². The minimum atomic E-state index is -0.408. The second-order valence-corrected chi connectivity index (χ2v) is 8.01. The second-order valence-electron chi connectivity index (χ2n) is 8.01. The Balaban J connectivity index is 1.49. The molecule has 2 atom stereocenters. The monoisotopic (exact) mass is 317 g/mol. The van der Waals surface area contributed by atoms with E-state index in [-0.39, 0.29) is 5.54 Å². The highest BCUT2D eigenvalue weighted by Crippen LogP contribution is 2.57. The molecule has 5 rings (SSSR count). The van der Waals surface area contributed by atoms with Gasteiger partial charge >= 0.3 is 0 Å². The Morgan fingerprint density at radius 3 is 2.39 bits per heavy atom. The van der Waals surface area contributed by atoms with Crippen molar-refractivity contribution in [1.82, 2.24) is 5.32 Å². The minimum Gasteiger partial charge on any atom is -0.493 e. The van der Waals surface area contributed by atoms with Gasteiger partial charge in [0.05, 0.1) is 19.8 Å². The van der Waals surface area contributed by atoms with Crippen molar-refractivity contribution in [3.05, 3.63) is 23.8 Å². The molecule has 0 aromatic heterocycles. The van der Waals surface area contributed by atoms with Crippen LogP contribution in [0.15, 0.2) is 18.2 Å². The summed E-state index contributed by atoms with van der Waals surface area (Å²) in [5.74, 6) is 2.95. The second kappa shape index (κ2) is 5.38. The van der Waals surface area contributed by atoms with Crippen LogP contribution in [0.5, 0.6) is 11.5 Å². The molecule has 4 saturated carbocycles. The highest BCUT2D eigenvalue weighted by Gasteiger charge is 2.56. The molecule has 4 aliphatic rings. The fourth-order valence-corrected chi connectivity index (χ4v) is 5.70. The first kappa shape index (κ1) is 15.3. The van der Waals surface area contributed by atoms with E-state index in [9.17, 15) is 5.11 Å². The smallest absolute Gasteiger partial charge is 0.161 e. The Bertz CT molecular complexity index is 586. The van der Waals surface area contributed by atoms with Crippen LogP contribution in [-0.4, -0.2) is 30.5 Å². The van der Waals surface area contributed by atoms with Crippen LogP contribution >= 0.6 is 0 Å². The van der Waals surface area contributed by atoms with Crippen molar-refractivity contribution >= 4 is 0 Å². The van der Waals surface area contributed by atoms with Crippen molar-refractivity contribution in [2.24, 2.45) is 11.8 Å². The van der Waals surface area contributed by atoms with Crippen LogP contribution in [0.1, 0.15) is 44.1 Å². The van der Waals surface area contributed by atoms with Crippen LogP contribution in [0.2, 0.25) is 0 Å². The summed E-state index contributed by atoms with van der Waals surface area (Å²) in [5.41, 5.74) is 0.922. The molecule has 4 bridgehead atoms. The molecule has 1 aromatic rings. The van der Waals surface area contributed by atoms with E-state index < -0.39 is 5.60 Å². The van der Waals surface area contributed by atoms with Gasteiger partial charge in [0.15, 0.2) is 11.5 Å². The van der Waals surface area contributed by atoms with Gasteiger partial charge in [0.1, 0.15) is 0 Å². The molecular formula is C19H27NO3. The molecule has 0 radical (unpaired) electrons. The molecule has 0 saturated heterocycles. The van der Waals surface area contributed by atoms with Gasteiger partial charge in [-0.05, 0) is 68.1 Å². The van der Waals surface area contributed by atoms with Crippen LogP contribution < -0.4 is 14.8 Å². The summed E-state index contributed by atoms with van der Waals surface area (Å²) < 4.78 is 10.7. The first-order chi connectivity index (χ1) is 11.0. The normalized spacial score (nSPS) is 37.9. The summed E-state index contributed by atoms with van der Waals surface area (Å²) in [6.45, 7) is 0.815. The van der Waals surface area contributed by atoms with Gasteiger partial charge in [-0.15, -0.1) is 0 Å². The molecule has 0 spiro atoms. The van der Waals surface area contributed by atoms with Crippen molar-refractivity contribution in [3.8, 4) is 11.5 Å². The summed E-state index contributed by atoms with van der Waals surface area (Å²) in [5, 5.41) is 14.6. The van der Waals surface area contributed by atoms with Crippen molar-refractivity contribution in [2.75, 3.05) is 14.2 Å². The molecule has 4 nitrogen and oxygen atoms in total.